The summed E-state index contributed by atoms with van der Waals surface area (Å²) in [6, 6.07) is 1.68. The molecule has 0 fully saturated rings. The molecule has 0 saturated heterocycles. The summed E-state index contributed by atoms with van der Waals surface area (Å²) in [6.45, 7) is 1.81. The Hall–Kier alpha value is 0.440. The first-order chi connectivity index (χ1) is 7.86. The average molecular weight is 349 g/mol. The van der Waals surface area contributed by atoms with Crippen molar-refractivity contribution in [1.29, 1.82) is 0 Å². The van der Waals surface area contributed by atoms with Gasteiger partial charge >= 0.3 is 0 Å². The Labute approximate surface area is 128 Å². The van der Waals surface area contributed by atoms with Gasteiger partial charge in [0.05, 0.1) is 30.1 Å². The van der Waals surface area contributed by atoms with Crippen molar-refractivity contribution in [3.05, 3.63) is 41.8 Å². The highest BCUT2D eigenvalue weighted by Crippen LogP contribution is 2.46. The first-order valence-corrected chi connectivity index (χ1v) is 6.73. The molecule has 90 valence electrons. The molecule has 0 aromatic heterocycles. The van der Waals surface area contributed by atoms with Gasteiger partial charge in [-0.25, -0.2) is 0 Å². The zero-order valence-electron chi connectivity index (χ0n) is 8.35. The van der Waals surface area contributed by atoms with Crippen LogP contribution in [0.15, 0.2) is 6.07 Å². The molecule has 0 aliphatic carbocycles. The van der Waals surface area contributed by atoms with E-state index in [0.29, 0.717) is 15.4 Å². The summed E-state index contributed by atoms with van der Waals surface area (Å²) in [7, 11) is 0. The molecular formula is C11H4Cl6. The van der Waals surface area contributed by atoms with E-state index in [1.165, 1.54) is 0 Å². The van der Waals surface area contributed by atoms with E-state index in [4.69, 9.17) is 69.6 Å². The smallest absolute Gasteiger partial charge is 0.0788 e. The van der Waals surface area contributed by atoms with Gasteiger partial charge in [0.25, 0.3) is 0 Å². The number of halogens is 6. The molecule has 2 aromatic carbocycles. The molecule has 0 N–H and O–H groups in total. The van der Waals surface area contributed by atoms with Crippen LogP contribution in [0.5, 0.6) is 0 Å². The van der Waals surface area contributed by atoms with Crippen LogP contribution in [-0.2, 0) is 0 Å². The van der Waals surface area contributed by atoms with Crippen molar-refractivity contribution < 1.29 is 0 Å². The maximum Gasteiger partial charge on any atom is 0.0788 e. The average Bonchev–Trinajstić information content (AvgIpc) is 2.30. The SMILES string of the molecule is Cc1c(Cl)c(Cl)c(Cl)c2c(Cl)c(Cl)c(Cl)cc12. The highest BCUT2D eigenvalue weighted by Gasteiger charge is 2.18. The molecule has 0 saturated carbocycles. The Bertz CT molecular complexity index is 624. The number of benzene rings is 2. The van der Waals surface area contributed by atoms with Crippen LogP contribution in [0.1, 0.15) is 5.56 Å². The minimum Gasteiger partial charge on any atom is -0.0826 e. The molecule has 0 nitrogen and oxygen atoms in total. The van der Waals surface area contributed by atoms with Crippen molar-refractivity contribution >= 4 is 80.4 Å². The van der Waals surface area contributed by atoms with Crippen molar-refractivity contribution in [3.63, 3.8) is 0 Å². The molecule has 6 heteroatoms. The molecule has 0 radical (unpaired) electrons. The fourth-order valence-electron chi connectivity index (χ4n) is 1.59. The van der Waals surface area contributed by atoms with Crippen molar-refractivity contribution in [1.82, 2.24) is 0 Å². The van der Waals surface area contributed by atoms with Gasteiger partial charge in [-0.15, -0.1) is 0 Å². The molecule has 17 heavy (non-hydrogen) atoms. The lowest BCUT2D eigenvalue weighted by Gasteiger charge is -2.13. The first kappa shape index (κ1) is 13.9. The van der Waals surface area contributed by atoms with Crippen LogP contribution in [0.2, 0.25) is 30.1 Å². The Morgan fingerprint density at radius 2 is 1.24 bits per heavy atom. The van der Waals surface area contributed by atoms with Crippen LogP contribution in [-0.4, -0.2) is 0 Å². The van der Waals surface area contributed by atoms with Crippen molar-refractivity contribution in [3.8, 4) is 0 Å². The Morgan fingerprint density at radius 3 is 1.82 bits per heavy atom. The van der Waals surface area contributed by atoms with Crippen LogP contribution in [0, 0.1) is 6.92 Å². The van der Waals surface area contributed by atoms with E-state index in [1.54, 1.807) is 6.07 Å². The third-order valence-corrected chi connectivity index (χ3v) is 5.18. The van der Waals surface area contributed by atoms with Crippen LogP contribution in [0.4, 0.5) is 0 Å². The maximum absolute atomic E-state index is 6.13. The number of fused-ring (bicyclic) bond motifs is 1. The molecule has 0 heterocycles. The summed E-state index contributed by atoms with van der Waals surface area (Å²) >= 11 is 36.3. The van der Waals surface area contributed by atoms with E-state index >= 15 is 0 Å². The second-order valence-electron chi connectivity index (χ2n) is 3.48. The molecule has 0 bridgehead atoms. The van der Waals surface area contributed by atoms with Gasteiger partial charge in [-0.3, -0.25) is 0 Å². The van der Waals surface area contributed by atoms with Crippen molar-refractivity contribution in [2.24, 2.45) is 0 Å². The largest absolute Gasteiger partial charge is 0.0826 e. The number of rotatable bonds is 0. The van der Waals surface area contributed by atoms with Gasteiger partial charge < -0.3 is 0 Å². The summed E-state index contributed by atoms with van der Waals surface area (Å²) in [6.07, 6.45) is 0. The molecular weight excluding hydrogens is 345 g/mol. The molecule has 0 unspecified atom stereocenters. The van der Waals surface area contributed by atoms with Crippen LogP contribution < -0.4 is 0 Å². The lowest BCUT2D eigenvalue weighted by molar-refractivity contribution is 1.53. The van der Waals surface area contributed by atoms with E-state index in [2.05, 4.69) is 0 Å². The Morgan fingerprint density at radius 1 is 0.706 bits per heavy atom. The van der Waals surface area contributed by atoms with Crippen LogP contribution in [0.3, 0.4) is 0 Å². The summed E-state index contributed by atoms with van der Waals surface area (Å²) < 4.78 is 0. The Balaban J connectivity index is 3.12. The minimum absolute atomic E-state index is 0.250. The van der Waals surface area contributed by atoms with Gasteiger partial charge in [-0.1, -0.05) is 69.6 Å². The van der Waals surface area contributed by atoms with Crippen LogP contribution in [0.25, 0.3) is 10.8 Å². The quantitative estimate of drug-likeness (QED) is 0.446. The maximum atomic E-state index is 6.13. The fourth-order valence-corrected chi connectivity index (χ4v) is 3.11. The zero-order valence-corrected chi connectivity index (χ0v) is 12.9. The van der Waals surface area contributed by atoms with E-state index in [0.717, 1.165) is 10.9 Å². The number of aryl methyl sites for hydroxylation is 1. The van der Waals surface area contributed by atoms with E-state index in [9.17, 15) is 0 Å². The summed E-state index contributed by atoms with van der Waals surface area (Å²) in [5, 5.41) is 3.11. The van der Waals surface area contributed by atoms with Gasteiger partial charge in [0.2, 0.25) is 0 Å². The third kappa shape index (κ3) is 2.10. The normalized spacial score (nSPS) is 11.2. The lowest BCUT2D eigenvalue weighted by atomic mass is 10.1. The highest BCUT2D eigenvalue weighted by molar-refractivity contribution is 6.55. The predicted octanol–water partition coefficient (Wildman–Crippen LogP) is 7.07. The second kappa shape index (κ2) is 4.85. The monoisotopic (exact) mass is 346 g/mol. The van der Waals surface area contributed by atoms with Crippen molar-refractivity contribution in [2.45, 2.75) is 6.92 Å². The molecule has 0 amide bonds. The van der Waals surface area contributed by atoms with E-state index in [1.807, 2.05) is 6.92 Å². The molecule has 0 aliphatic rings. The predicted molar refractivity (Wildman–Crippen MR) is 78.7 cm³/mol. The molecule has 0 spiro atoms. The highest BCUT2D eigenvalue weighted by atomic mass is 35.5. The van der Waals surface area contributed by atoms with E-state index in [-0.39, 0.29) is 20.1 Å². The third-order valence-electron chi connectivity index (χ3n) is 2.50. The molecule has 0 aliphatic heterocycles. The summed E-state index contributed by atoms with van der Waals surface area (Å²) in [4.78, 5) is 0. The molecule has 2 rings (SSSR count). The number of hydrogen-bond donors (Lipinski definition) is 0. The lowest BCUT2D eigenvalue weighted by Crippen LogP contribution is -1.87. The van der Waals surface area contributed by atoms with Gasteiger partial charge in [0, 0.05) is 5.39 Å². The second-order valence-corrected chi connectivity index (χ2v) is 5.77. The summed E-state index contributed by atoms with van der Waals surface area (Å²) in [5.41, 5.74) is 0.761. The fraction of sp³-hybridized carbons (Fsp3) is 0.0909. The first-order valence-electron chi connectivity index (χ1n) is 4.46. The minimum atomic E-state index is 0.250. The molecule has 0 atom stereocenters. The van der Waals surface area contributed by atoms with Crippen LogP contribution >= 0.6 is 69.6 Å². The van der Waals surface area contributed by atoms with Gasteiger partial charge in [-0.05, 0) is 23.9 Å². The van der Waals surface area contributed by atoms with Gasteiger partial charge in [0.1, 0.15) is 0 Å². The Kier molecular flexibility index (Phi) is 3.95. The molecule has 2 aromatic rings. The van der Waals surface area contributed by atoms with Gasteiger partial charge in [-0.2, -0.15) is 0 Å². The zero-order chi connectivity index (χ0) is 12.9. The van der Waals surface area contributed by atoms with Gasteiger partial charge in [0.15, 0.2) is 0 Å². The number of hydrogen-bond acceptors (Lipinski definition) is 0. The topological polar surface area (TPSA) is 0 Å². The standard InChI is InChI=1S/C11H4Cl6/c1-3-4-2-5(12)8(14)9(15)6(4)10(16)11(17)7(3)13/h2H,1H3. The summed E-state index contributed by atoms with van der Waals surface area (Å²) in [5.74, 6) is 0. The van der Waals surface area contributed by atoms with E-state index < -0.39 is 0 Å². The van der Waals surface area contributed by atoms with Crippen molar-refractivity contribution in [2.75, 3.05) is 0 Å².